The molecule has 0 heterocycles. The van der Waals surface area contributed by atoms with Gasteiger partial charge in [-0.3, -0.25) is 0 Å². The summed E-state index contributed by atoms with van der Waals surface area (Å²) in [5.41, 5.74) is 5.07. The Bertz CT molecular complexity index is 144. The Morgan fingerprint density at radius 3 is 2.27 bits per heavy atom. The molecule has 0 radical (unpaired) electrons. The summed E-state index contributed by atoms with van der Waals surface area (Å²) in [5.74, 6) is -1.13. The number of alkyl halides is 4. The van der Waals surface area contributed by atoms with Crippen molar-refractivity contribution in [3.05, 3.63) is 0 Å². The topological polar surface area (TPSA) is 26.0 Å². The summed E-state index contributed by atoms with van der Waals surface area (Å²) in [4.78, 5) is 0. The van der Waals surface area contributed by atoms with Gasteiger partial charge < -0.3 is 5.73 Å². The third kappa shape index (κ3) is 1.83. The van der Waals surface area contributed by atoms with Crippen LogP contribution in [0.3, 0.4) is 0 Å². The Labute approximate surface area is 61.6 Å². The van der Waals surface area contributed by atoms with E-state index in [0.29, 0.717) is 0 Å². The third-order valence-electron chi connectivity index (χ3n) is 1.97. The maximum Gasteiger partial charge on any atom is 0.419 e. The molecule has 3 unspecified atom stereocenters. The largest absolute Gasteiger partial charge is 0.419 e. The van der Waals surface area contributed by atoms with Crippen molar-refractivity contribution in [2.24, 2.45) is 17.6 Å². The van der Waals surface area contributed by atoms with Gasteiger partial charge in [0.25, 0.3) is 0 Å². The van der Waals surface area contributed by atoms with Gasteiger partial charge in [-0.25, -0.2) is 4.39 Å². The normalized spacial score (nSPS) is 33.5. The second kappa shape index (κ2) is 2.62. The molecule has 2 N–H and O–H groups in total. The molecule has 0 amide bonds. The average Bonchev–Trinajstić information content (AvgIpc) is 2.62. The monoisotopic (exact) mass is 171 g/mol. The highest BCUT2D eigenvalue weighted by Gasteiger charge is 2.54. The number of rotatable bonds is 2. The zero-order chi connectivity index (χ0) is 8.65. The molecule has 3 atom stereocenters. The summed E-state index contributed by atoms with van der Waals surface area (Å²) in [6, 6.07) is 0. The molecule has 0 saturated heterocycles. The molecule has 0 bridgehead atoms. The fourth-order valence-electron chi connectivity index (χ4n) is 1.14. The molecular formula is C6H9F4N. The van der Waals surface area contributed by atoms with Crippen LogP contribution in [0.15, 0.2) is 0 Å². The molecule has 1 nitrogen and oxygen atoms in total. The molecular weight excluding hydrogens is 162 g/mol. The second-order valence-electron chi connectivity index (χ2n) is 2.84. The van der Waals surface area contributed by atoms with E-state index in [-0.39, 0.29) is 18.9 Å². The standard InChI is InChI=1S/C6H9F4N/c7-5(6(8,9)10)4-1-3(4)2-11/h3-5H,1-2,11H2. The highest BCUT2D eigenvalue weighted by atomic mass is 19.4. The summed E-state index contributed by atoms with van der Waals surface area (Å²) in [7, 11) is 0. The highest BCUT2D eigenvalue weighted by Crippen LogP contribution is 2.46. The van der Waals surface area contributed by atoms with Crippen LogP contribution in [0.5, 0.6) is 0 Å². The predicted molar refractivity (Wildman–Crippen MR) is 31.6 cm³/mol. The van der Waals surface area contributed by atoms with E-state index in [1.807, 2.05) is 0 Å². The van der Waals surface area contributed by atoms with Crippen LogP contribution in [0.4, 0.5) is 17.6 Å². The van der Waals surface area contributed by atoms with Crippen molar-refractivity contribution in [3.63, 3.8) is 0 Å². The van der Waals surface area contributed by atoms with Gasteiger partial charge in [-0.05, 0) is 18.9 Å². The molecule has 1 saturated carbocycles. The first kappa shape index (κ1) is 8.77. The minimum absolute atomic E-state index is 0.154. The van der Waals surface area contributed by atoms with E-state index in [1.54, 1.807) is 0 Å². The first-order valence-electron chi connectivity index (χ1n) is 3.37. The van der Waals surface area contributed by atoms with Crippen LogP contribution < -0.4 is 5.73 Å². The maximum absolute atomic E-state index is 12.4. The van der Waals surface area contributed by atoms with E-state index < -0.39 is 18.3 Å². The van der Waals surface area contributed by atoms with Crippen molar-refractivity contribution in [1.82, 2.24) is 0 Å². The lowest BCUT2D eigenvalue weighted by atomic mass is 10.2. The van der Waals surface area contributed by atoms with E-state index in [9.17, 15) is 17.6 Å². The first-order valence-corrected chi connectivity index (χ1v) is 3.37. The molecule has 1 fully saturated rings. The van der Waals surface area contributed by atoms with Crippen LogP contribution in [0, 0.1) is 11.8 Å². The zero-order valence-electron chi connectivity index (χ0n) is 5.74. The summed E-state index contributed by atoms with van der Waals surface area (Å²) >= 11 is 0. The summed E-state index contributed by atoms with van der Waals surface area (Å²) in [6.07, 6.45) is -7.10. The van der Waals surface area contributed by atoms with Gasteiger partial charge in [0, 0.05) is 5.92 Å². The molecule has 0 aromatic heterocycles. The van der Waals surface area contributed by atoms with Crippen LogP contribution in [0.25, 0.3) is 0 Å². The van der Waals surface area contributed by atoms with Crippen LogP contribution in [-0.4, -0.2) is 18.9 Å². The lowest BCUT2D eigenvalue weighted by Crippen LogP contribution is -2.27. The van der Waals surface area contributed by atoms with Crippen molar-refractivity contribution in [3.8, 4) is 0 Å². The van der Waals surface area contributed by atoms with Crippen molar-refractivity contribution in [1.29, 1.82) is 0 Å². The summed E-state index contributed by atoms with van der Waals surface area (Å²) in [5, 5.41) is 0. The van der Waals surface area contributed by atoms with Gasteiger partial charge in [0.15, 0.2) is 6.17 Å². The lowest BCUT2D eigenvalue weighted by molar-refractivity contribution is -0.186. The smallest absolute Gasteiger partial charge is 0.330 e. The van der Waals surface area contributed by atoms with Gasteiger partial charge in [0.2, 0.25) is 0 Å². The number of nitrogens with two attached hydrogens (primary N) is 1. The summed E-state index contributed by atoms with van der Waals surface area (Å²) in [6.45, 7) is 0.154. The Kier molecular flexibility index (Phi) is 2.09. The average molecular weight is 171 g/mol. The molecule has 0 aromatic carbocycles. The Hall–Kier alpha value is -0.320. The van der Waals surface area contributed by atoms with Crippen LogP contribution in [-0.2, 0) is 0 Å². The molecule has 0 spiro atoms. The quantitative estimate of drug-likeness (QED) is 0.626. The first-order chi connectivity index (χ1) is 4.96. The molecule has 0 aromatic rings. The van der Waals surface area contributed by atoms with Crippen molar-refractivity contribution in [2.45, 2.75) is 18.8 Å². The molecule has 11 heavy (non-hydrogen) atoms. The fourth-order valence-corrected chi connectivity index (χ4v) is 1.14. The third-order valence-corrected chi connectivity index (χ3v) is 1.97. The predicted octanol–water partition coefficient (Wildman–Crippen LogP) is 1.48. The number of hydrogen-bond donors (Lipinski definition) is 1. The second-order valence-corrected chi connectivity index (χ2v) is 2.84. The Balaban J connectivity index is 2.39. The van der Waals surface area contributed by atoms with Crippen molar-refractivity contribution < 1.29 is 17.6 Å². The van der Waals surface area contributed by atoms with Gasteiger partial charge in [-0.15, -0.1) is 0 Å². The number of hydrogen-bond acceptors (Lipinski definition) is 1. The minimum Gasteiger partial charge on any atom is -0.330 e. The molecule has 1 rings (SSSR count). The van der Waals surface area contributed by atoms with Gasteiger partial charge in [0.1, 0.15) is 0 Å². The Morgan fingerprint density at radius 1 is 1.45 bits per heavy atom. The molecule has 1 aliphatic carbocycles. The SMILES string of the molecule is NCC1CC1C(F)C(F)(F)F. The van der Waals surface area contributed by atoms with Crippen molar-refractivity contribution >= 4 is 0 Å². The fraction of sp³-hybridized carbons (Fsp3) is 1.00. The van der Waals surface area contributed by atoms with Gasteiger partial charge in [-0.1, -0.05) is 0 Å². The van der Waals surface area contributed by atoms with E-state index in [4.69, 9.17) is 5.73 Å². The minimum atomic E-state index is -4.70. The van der Waals surface area contributed by atoms with E-state index in [0.717, 1.165) is 0 Å². The van der Waals surface area contributed by atoms with Crippen LogP contribution >= 0.6 is 0 Å². The van der Waals surface area contributed by atoms with Crippen molar-refractivity contribution in [2.75, 3.05) is 6.54 Å². The van der Waals surface area contributed by atoms with Crippen LogP contribution in [0.2, 0.25) is 0 Å². The van der Waals surface area contributed by atoms with Gasteiger partial charge in [0.05, 0.1) is 0 Å². The molecule has 0 aliphatic heterocycles. The zero-order valence-corrected chi connectivity index (χ0v) is 5.74. The molecule has 1 aliphatic rings. The molecule has 66 valence electrons. The number of halogens is 4. The lowest BCUT2D eigenvalue weighted by Gasteiger charge is -2.10. The van der Waals surface area contributed by atoms with Crippen LogP contribution in [0.1, 0.15) is 6.42 Å². The van der Waals surface area contributed by atoms with Gasteiger partial charge in [-0.2, -0.15) is 13.2 Å². The highest BCUT2D eigenvalue weighted by molar-refractivity contribution is 4.94. The maximum atomic E-state index is 12.4. The molecule has 5 heteroatoms. The van der Waals surface area contributed by atoms with E-state index in [2.05, 4.69) is 0 Å². The summed E-state index contributed by atoms with van der Waals surface area (Å²) < 4.78 is 47.3. The Morgan fingerprint density at radius 2 is 2.00 bits per heavy atom. The van der Waals surface area contributed by atoms with E-state index in [1.165, 1.54) is 0 Å². The van der Waals surface area contributed by atoms with Gasteiger partial charge >= 0.3 is 6.18 Å². The van der Waals surface area contributed by atoms with E-state index >= 15 is 0 Å².